The summed E-state index contributed by atoms with van der Waals surface area (Å²) in [4.78, 5) is 7.21. The summed E-state index contributed by atoms with van der Waals surface area (Å²) in [5.74, 6) is 1.88. The van der Waals surface area contributed by atoms with Crippen molar-refractivity contribution in [3.05, 3.63) is 29.3 Å². The van der Waals surface area contributed by atoms with Crippen LogP contribution in [0.1, 0.15) is 23.8 Å². The molecule has 4 nitrogen and oxygen atoms in total. The topological polar surface area (TPSA) is 50.3 Å². The summed E-state index contributed by atoms with van der Waals surface area (Å²) >= 11 is 1.81. The Hall–Kier alpha value is -0.980. The Morgan fingerprint density at radius 3 is 2.64 bits per heavy atom. The molecule has 118 valence electrons. The van der Waals surface area contributed by atoms with Crippen LogP contribution in [-0.2, 0) is 9.84 Å². The lowest BCUT2D eigenvalue weighted by atomic mass is 9.96. The maximum atomic E-state index is 11.5. The largest absolute Gasteiger partial charge is 0.302 e. The number of thiazole rings is 1. The van der Waals surface area contributed by atoms with Crippen molar-refractivity contribution < 1.29 is 8.42 Å². The molecule has 2 fully saturated rings. The molecule has 22 heavy (non-hydrogen) atoms. The minimum absolute atomic E-state index is 0.382. The second kappa shape index (κ2) is 5.58. The van der Waals surface area contributed by atoms with Gasteiger partial charge in [0.25, 0.3) is 0 Å². The lowest BCUT2D eigenvalue weighted by molar-refractivity contribution is 0.120. The Labute approximate surface area is 135 Å². The molecule has 2 aliphatic rings. The summed E-state index contributed by atoms with van der Waals surface area (Å²) < 4.78 is 24.2. The summed E-state index contributed by atoms with van der Waals surface area (Å²) in [5, 5.41) is 1.25. The lowest BCUT2D eigenvalue weighted by Crippen LogP contribution is -2.47. The molecule has 4 rings (SSSR count). The summed E-state index contributed by atoms with van der Waals surface area (Å²) in [7, 11) is -2.74. The number of rotatable bonds is 3. The number of hydrogen-bond acceptors (Lipinski definition) is 5. The quantitative estimate of drug-likeness (QED) is 0.864. The van der Waals surface area contributed by atoms with Gasteiger partial charge in [0.15, 0.2) is 0 Å². The number of likely N-dealkylation sites (tertiary alicyclic amines) is 1. The maximum absolute atomic E-state index is 11.5. The first-order valence-electron chi connectivity index (χ1n) is 7.87. The molecule has 0 amide bonds. The van der Waals surface area contributed by atoms with E-state index >= 15 is 0 Å². The first kappa shape index (κ1) is 14.6. The highest BCUT2D eigenvalue weighted by molar-refractivity contribution is 7.91. The van der Waals surface area contributed by atoms with Crippen molar-refractivity contribution in [2.24, 2.45) is 5.92 Å². The number of hydrogen-bond donors (Lipinski definition) is 0. The van der Waals surface area contributed by atoms with E-state index in [9.17, 15) is 8.42 Å². The molecule has 0 spiro atoms. The molecule has 0 atom stereocenters. The summed E-state index contributed by atoms with van der Waals surface area (Å²) in [5.41, 5.74) is 1.11. The van der Waals surface area contributed by atoms with Gasteiger partial charge in [-0.1, -0.05) is 12.1 Å². The van der Waals surface area contributed by atoms with E-state index in [-0.39, 0.29) is 0 Å². The normalized spacial score (nSPS) is 23.6. The Kier molecular flexibility index (Phi) is 3.71. The zero-order chi connectivity index (χ0) is 15.2. The predicted octanol–water partition coefficient (Wildman–Crippen LogP) is 2.52. The van der Waals surface area contributed by atoms with Gasteiger partial charge in [0.1, 0.15) is 9.84 Å². The van der Waals surface area contributed by atoms with E-state index in [0.29, 0.717) is 23.3 Å². The summed E-state index contributed by atoms with van der Waals surface area (Å²) in [6, 6.07) is 8.31. The van der Waals surface area contributed by atoms with E-state index in [2.05, 4.69) is 23.1 Å². The van der Waals surface area contributed by atoms with E-state index < -0.39 is 9.84 Å². The van der Waals surface area contributed by atoms with Gasteiger partial charge in [-0.2, -0.15) is 0 Å². The van der Waals surface area contributed by atoms with Crippen LogP contribution in [-0.4, -0.2) is 49.4 Å². The molecule has 0 aliphatic carbocycles. The average molecular weight is 336 g/mol. The summed E-state index contributed by atoms with van der Waals surface area (Å²) in [6.07, 6.45) is 1.68. The fourth-order valence-electron chi connectivity index (χ4n) is 3.43. The smallest absolute Gasteiger partial charge is 0.150 e. The van der Waals surface area contributed by atoms with Gasteiger partial charge in [-0.05, 0) is 30.9 Å². The average Bonchev–Trinajstić information content (AvgIpc) is 2.87. The third-order valence-electron chi connectivity index (χ3n) is 4.81. The van der Waals surface area contributed by atoms with Crippen molar-refractivity contribution in [2.75, 3.05) is 31.1 Å². The number of para-hydroxylation sites is 1. The molecule has 3 heterocycles. The Balaban J connectivity index is 1.32. The first-order chi connectivity index (χ1) is 10.6. The zero-order valence-corrected chi connectivity index (χ0v) is 14.1. The van der Waals surface area contributed by atoms with Crippen molar-refractivity contribution in [1.29, 1.82) is 0 Å². The zero-order valence-electron chi connectivity index (χ0n) is 12.4. The lowest BCUT2D eigenvalue weighted by Gasteiger charge is -2.40. The second-order valence-corrected chi connectivity index (χ2v) is 9.90. The molecule has 0 saturated carbocycles. The summed E-state index contributed by atoms with van der Waals surface area (Å²) in [6.45, 7) is 3.20. The van der Waals surface area contributed by atoms with Crippen LogP contribution in [0.25, 0.3) is 10.2 Å². The van der Waals surface area contributed by atoms with Crippen molar-refractivity contribution in [1.82, 2.24) is 9.88 Å². The molecule has 0 unspecified atom stereocenters. The third-order valence-corrected chi connectivity index (χ3v) is 7.72. The van der Waals surface area contributed by atoms with Crippen LogP contribution in [0.3, 0.4) is 0 Å². The SMILES string of the molecule is O=S1(=O)CCC(CN2CC(c3nc4ccccc4s3)C2)CC1. The van der Waals surface area contributed by atoms with E-state index in [1.807, 2.05) is 17.4 Å². The second-order valence-electron chi connectivity index (χ2n) is 6.53. The highest BCUT2D eigenvalue weighted by atomic mass is 32.2. The molecule has 2 aromatic rings. The van der Waals surface area contributed by atoms with Gasteiger partial charge in [-0.3, -0.25) is 0 Å². The van der Waals surface area contributed by atoms with Crippen LogP contribution in [0.5, 0.6) is 0 Å². The van der Waals surface area contributed by atoms with E-state index in [1.165, 1.54) is 9.71 Å². The molecule has 1 aromatic carbocycles. The fraction of sp³-hybridized carbons (Fsp3) is 0.562. The van der Waals surface area contributed by atoms with Crippen LogP contribution in [0, 0.1) is 5.92 Å². The van der Waals surface area contributed by atoms with Gasteiger partial charge in [0, 0.05) is 25.6 Å². The molecule has 2 aliphatic heterocycles. The van der Waals surface area contributed by atoms with Crippen molar-refractivity contribution >= 4 is 31.4 Å². The van der Waals surface area contributed by atoms with Crippen LogP contribution >= 0.6 is 11.3 Å². The Bertz CT molecular complexity index is 731. The third kappa shape index (κ3) is 2.92. The predicted molar refractivity (Wildman–Crippen MR) is 90.2 cm³/mol. The fourth-order valence-corrected chi connectivity index (χ4v) is 6.07. The molecule has 1 aromatic heterocycles. The molecular formula is C16H20N2O2S2. The van der Waals surface area contributed by atoms with Crippen LogP contribution in [0.15, 0.2) is 24.3 Å². The van der Waals surface area contributed by atoms with Gasteiger partial charge in [-0.15, -0.1) is 11.3 Å². The van der Waals surface area contributed by atoms with Crippen LogP contribution in [0.2, 0.25) is 0 Å². The number of nitrogens with zero attached hydrogens (tertiary/aromatic N) is 2. The maximum Gasteiger partial charge on any atom is 0.150 e. The molecule has 6 heteroatoms. The van der Waals surface area contributed by atoms with E-state index in [0.717, 1.165) is 38.0 Å². The number of benzene rings is 1. The number of aromatic nitrogens is 1. The molecule has 2 saturated heterocycles. The van der Waals surface area contributed by atoms with E-state index in [4.69, 9.17) is 4.98 Å². The monoisotopic (exact) mass is 336 g/mol. The van der Waals surface area contributed by atoms with Gasteiger partial charge >= 0.3 is 0 Å². The first-order valence-corrected chi connectivity index (χ1v) is 10.5. The molecule has 0 N–H and O–H groups in total. The highest BCUT2D eigenvalue weighted by Crippen LogP contribution is 2.34. The molecule has 0 bridgehead atoms. The minimum atomic E-state index is -2.74. The van der Waals surface area contributed by atoms with Crippen molar-refractivity contribution in [2.45, 2.75) is 18.8 Å². The van der Waals surface area contributed by atoms with E-state index in [1.54, 1.807) is 0 Å². The standard InChI is InChI=1S/C16H20N2O2S2/c19-22(20)7-5-12(6-8-22)9-18-10-13(11-18)16-17-14-3-1-2-4-15(14)21-16/h1-4,12-13H,5-11H2. The van der Waals surface area contributed by atoms with Crippen LogP contribution in [0.4, 0.5) is 0 Å². The van der Waals surface area contributed by atoms with Gasteiger partial charge < -0.3 is 4.90 Å². The van der Waals surface area contributed by atoms with Gasteiger partial charge in [0.2, 0.25) is 0 Å². The van der Waals surface area contributed by atoms with Crippen LogP contribution < -0.4 is 0 Å². The number of sulfone groups is 1. The molecular weight excluding hydrogens is 316 g/mol. The van der Waals surface area contributed by atoms with Crippen molar-refractivity contribution in [3.8, 4) is 0 Å². The Morgan fingerprint density at radius 1 is 1.18 bits per heavy atom. The minimum Gasteiger partial charge on any atom is -0.302 e. The van der Waals surface area contributed by atoms with Crippen molar-refractivity contribution in [3.63, 3.8) is 0 Å². The molecule has 0 radical (unpaired) electrons. The highest BCUT2D eigenvalue weighted by Gasteiger charge is 2.33. The van der Waals surface area contributed by atoms with Gasteiger partial charge in [-0.25, -0.2) is 13.4 Å². The number of fused-ring (bicyclic) bond motifs is 1. The van der Waals surface area contributed by atoms with Gasteiger partial charge in [0.05, 0.1) is 26.7 Å². The Morgan fingerprint density at radius 2 is 1.91 bits per heavy atom.